The fourth-order valence-electron chi connectivity index (χ4n) is 4.51. The van der Waals surface area contributed by atoms with E-state index < -0.39 is 0 Å². The van der Waals surface area contributed by atoms with Gasteiger partial charge < -0.3 is 4.74 Å². The lowest BCUT2D eigenvalue weighted by Crippen LogP contribution is -2.42. The highest BCUT2D eigenvalue weighted by atomic mass is 16.5. The first-order chi connectivity index (χ1) is 13.3. The third-order valence-corrected chi connectivity index (χ3v) is 6.00. The first-order valence-electron chi connectivity index (χ1n) is 9.76. The molecule has 1 saturated heterocycles. The lowest BCUT2D eigenvalue weighted by molar-refractivity contribution is -0.0799. The molecule has 5 rings (SSSR count). The van der Waals surface area contributed by atoms with Gasteiger partial charge in [-0.2, -0.15) is 0 Å². The number of piperidine rings is 1. The Hall–Kier alpha value is -2.49. The van der Waals surface area contributed by atoms with Crippen molar-refractivity contribution in [2.24, 2.45) is 0 Å². The second-order valence-electron chi connectivity index (χ2n) is 7.66. The average Bonchev–Trinajstić information content (AvgIpc) is 3.09. The Morgan fingerprint density at radius 1 is 0.926 bits per heavy atom. The number of benzene rings is 2. The standard InChI is InChI=1S/C24H24N2O/c1-2-9-23-22(6-1)18-27-24(23)10-13-26(14-11-24)17-19-5-3-7-20(15-19)21-8-4-12-25-16-21/h1-9,12,15-16H,10-11,13-14,17-18H2. The number of ether oxygens (including phenoxy) is 1. The zero-order valence-corrected chi connectivity index (χ0v) is 15.5. The van der Waals surface area contributed by atoms with E-state index in [1.807, 2.05) is 18.5 Å². The van der Waals surface area contributed by atoms with E-state index in [9.17, 15) is 0 Å². The molecule has 0 amide bonds. The van der Waals surface area contributed by atoms with E-state index in [4.69, 9.17) is 4.74 Å². The van der Waals surface area contributed by atoms with Gasteiger partial charge in [-0.3, -0.25) is 9.88 Å². The molecule has 3 heterocycles. The second kappa shape index (κ2) is 6.91. The molecule has 0 saturated carbocycles. The van der Waals surface area contributed by atoms with Gasteiger partial charge in [-0.1, -0.05) is 48.5 Å². The average molecular weight is 356 g/mol. The predicted octanol–water partition coefficient (Wildman–Crippen LogP) is 4.77. The van der Waals surface area contributed by atoms with Gasteiger partial charge in [0.25, 0.3) is 0 Å². The van der Waals surface area contributed by atoms with Crippen LogP contribution in [0, 0.1) is 0 Å². The number of fused-ring (bicyclic) bond motifs is 2. The molecular formula is C24H24N2O. The maximum Gasteiger partial charge on any atom is 0.0963 e. The SMILES string of the molecule is c1cncc(-c2cccc(CN3CCC4(CC3)OCc3ccccc34)c2)c1. The van der Waals surface area contributed by atoms with Crippen molar-refractivity contribution in [2.45, 2.75) is 31.6 Å². The van der Waals surface area contributed by atoms with Crippen molar-refractivity contribution in [3.05, 3.63) is 89.7 Å². The smallest absolute Gasteiger partial charge is 0.0963 e. The van der Waals surface area contributed by atoms with Gasteiger partial charge in [-0.25, -0.2) is 0 Å². The van der Waals surface area contributed by atoms with E-state index in [-0.39, 0.29) is 5.60 Å². The fourth-order valence-corrected chi connectivity index (χ4v) is 4.51. The molecule has 0 aliphatic carbocycles. The Bertz CT molecular complexity index is 930. The van der Waals surface area contributed by atoms with E-state index >= 15 is 0 Å². The number of likely N-dealkylation sites (tertiary alicyclic amines) is 1. The molecule has 27 heavy (non-hydrogen) atoms. The molecule has 0 bridgehead atoms. The summed E-state index contributed by atoms with van der Waals surface area (Å²) in [5.41, 5.74) is 6.51. The first-order valence-corrected chi connectivity index (χ1v) is 9.76. The van der Waals surface area contributed by atoms with Crippen LogP contribution in [0.2, 0.25) is 0 Å². The molecule has 0 radical (unpaired) electrons. The summed E-state index contributed by atoms with van der Waals surface area (Å²) >= 11 is 0. The molecule has 1 spiro atoms. The molecule has 0 N–H and O–H groups in total. The number of aromatic nitrogens is 1. The van der Waals surface area contributed by atoms with Gasteiger partial charge in [0.05, 0.1) is 12.2 Å². The van der Waals surface area contributed by atoms with Gasteiger partial charge in [0.15, 0.2) is 0 Å². The molecule has 136 valence electrons. The third-order valence-electron chi connectivity index (χ3n) is 6.00. The van der Waals surface area contributed by atoms with Crippen molar-refractivity contribution in [1.82, 2.24) is 9.88 Å². The van der Waals surface area contributed by atoms with Gasteiger partial charge in [-0.05, 0) is 52.8 Å². The van der Waals surface area contributed by atoms with E-state index in [0.717, 1.165) is 39.1 Å². The lowest BCUT2D eigenvalue weighted by atomic mass is 9.83. The van der Waals surface area contributed by atoms with E-state index in [0.29, 0.717) is 0 Å². The molecular weight excluding hydrogens is 332 g/mol. The Morgan fingerprint density at radius 3 is 2.63 bits per heavy atom. The highest BCUT2D eigenvalue weighted by Gasteiger charge is 2.42. The molecule has 1 fully saturated rings. The minimum absolute atomic E-state index is 0.0509. The van der Waals surface area contributed by atoms with Gasteiger partial charge in [0.2, 0.25) is 0 Å². The quantitative estimate of drug-likeness (QED) is 0.676. The fraction of sp³-hybridized carbons (Fsp3) is 0.292. The molecule has 3 aromatic rings. The number of pyridine rings is 1. The lowest BCUT2D eigenvalue weighted by Gasteiger charge is -2.39. The zero-order valence-electron chi connectivity index (χ0n) is 15.5. The summed E-state index contributed by atoms with van der Waals surface area (Å²) in [6.45, 7) is 3.91. The summed E-state index contributed by atoms with van der Waals surface area (Å²) < 4.78 is 6.29. The molecule has 1 aromatic heterocycles. The van der Waals surface area contributed by atoms with Crippen molar-refractivity contribution < 1.29 is 4.74 Å². The summed E-state index contributed by atoms with van der Waals surface area (Å²) in [6.07, 6.45) is 5.90. The van der Waals surface area contributed by atoms with Crippen LogP contribution in [0.15, 0.2) is 73.1 Å². The molecule has 3 heteroatoms. The molecule has 3 nitrogen and oxygen atoms in total. The summed E-state index contributed by atoms with van der Waals surface area (Å²) in [4.78, 5) is 6.79. The predicted molar refractivity (Wildman–Crippen MR) is 107 cm³/mol. The van der Waals surface area contributed by atoms with Crippen molar-refractivity contribution >= 4 is 0 Å². The zero-order chi connectivity index (χ0) is 18.1. The Kier molecular flexibility index (Phi) is 4.27. The van der Waals surface area contributed by atoms with Crippen LogP contribution in [0.5, 0.6) is 0 Å². The Balaban J connectivity index is 1.28. The van der Waals surface area contributed by atoms with Gasteiger partial charge in [-0.15, -0.1) is 0 Å². The Labute approximate surface area is 160 Å². The van der Waals surface area contributed by atoms with Crippen LogP contribution < -0.4 is 0 Å². The van der Waals surface area contributed by atoms with Crippen LogP contribution in [-0.4, -0.2) is 23.0 Å². The normalized spacial score (nSPS) is 18.5. The van der Waals surface area contributed by atoms with Crippen LogP contribution in [-0.2, 0) is 23.5 Å². The summed E-state index contributed by atoms with van der Waals surface area (Å²) in [5.74, 6) is 0. The van der Waals surface area contributed by atoms with E-state index in [2.05, 4.69) is 64.5 Å². The van der Waals surface area contributed by atoms with Crippen LogP contribution in [0.1, 0.15) is 29.5 Å². The maximum atomic E-state index is 6.29. The van der Waals surface area contributed by atoms with Gasteiger partial charge >= 0.3 is 0 Å². The molecule has 2 aliphatic rings. The molecule has 0 unspecified atom stereocenters. The minimum atomic E-state index is -0.0509. The monoisotopic (exact) mass is 356 g/mol. The summed E-state index contributed by atoms with van der Waals surface area (Å²) in [6, 6.07) is 21.7. The van der Waals surface area contributed by atoms with Crippen molar-refractivity contribution in [2.75, 3.05) is 13.1 Å². The molecule has 2 aromatic carbocycles. The number of hydrogen-bond donors (Lipinski definition) is 0. The highest BCUT2D eigenvalue weighted by Crippen LogP contribution is 2.44. The number of rotatable bonds is 3. The maximum absolute atomic E-state index is 6.29. The summed E-state index contributed by atoms with van der Waals surface area (Å²) in [7, 11) is 0. The van der Waals surface area contributed by atoms with Crippen LogP contribution >= 0.6 is 0 Å². The van der Waals surface area contributed by atoms with Gasteiger partial charge in [0.1, 0.15) is 0 Å². The minimum Gasteiger partial charge on any atom is -0.365 e. The van der Waals surface area contributed by atoms with Crippen molar-refractivity contribution in [1.29, 1.82) is 0 Å². The number of nitrogens with zero attached hydrogens (tertiary/aromatic N) is 2. The molecule has 0 atom stereocenters. The van der Waals surface area contributed by atoms with Crippen LogP contribution in [0.3, 0.4) is 0 Å². The molecule has 2 aliphatic heterocycles. The topological polar surface area (TPSA) is 25.4 Å². The third kappa shape index (κ3) is 3.18. The van der Waals surface area contributed by atoms with E-state index in [1.54, 1.807) is 0 Å². The summed E-state index contributed by atoms with van der Waals surface area (Å²) in [5, 5.41) is 0. The Morgan fingerprint density at radius 2 is 1.78 bits per heavy atom. The second-order valence-corrected chi connectivity index (χ2v) is 7.66. The van der Waals surface area contributed by atoms with Gasteiger partial charge in [0, 0.05) is 32.0 Å². The van der Waals surface area contributed by atoms with E-state index in [1.165, 1.54) is 27.8 Å². The van der Waals surface area contributed by atoms with Crippen LogP contribution in [0.4, 0.5) is 0 Å². The largest absolute Gasteiger partial charge is 0.365 e. The first kappa shape index (κ1) is 16.7. The van der Waals surface area contributed by atoms with Crippen LogP contribution in [0.25, 0.3) is 11.1 Å². The van der Waals surface area contributed by atoms with Crippen molar-refractivity contribution in [3.63, 3.8) is 0 Å². The number of hydrogen-bond acceptors (Lipinski definition) is 3. The van der Waals surface area contributed by atoms with Crippen molar-refractivity contribution in [3.8, 4) is 11.1 Å². The highest BCUT2D eigenvalue weighted by molar-refractivity contribution is 5.62.